The van der Waals surface area contributed by atoms with Crippen LogP contribution in [0.3, 0.4) is 0 Å². The van der Waals surface area contributed by atoms with Crippen LogP contribution in [0.5, 0.6) is 5.88 Å². The van der Waals surface area contributed by atoms with Crippen LogP contribution in [0.1, 0.15) is 32.3 Å². The topological polar surface area (TPSA) is 116 Å². The van der Waals surface area contributed by atoms with Crippen molar-refractivity contribution < 1.29 is 24.2 Å². The molecule has 3 atom stereocenters. The van der Waals surface area contributed by atoms with Crippen molar-refractivity contribution in [3.63, 3.8) is 0 Å². The molecule has 1 aliphatic heterocycles. The molecule has 3 aromatic rings. The summed E-state index contributed by atoms with van der Waals surface area (Å²) in [6, 6.07) is 7.41. The van der Waals surface area contributed by atoms with Crippen molar-refractivity contribution in [2.45, 2.75) is 45.4 Å². The van der Waals surface area contributed by atoms with Gasteiger partial charge in [-0.2, -0.15) is 5.10 Å². The number of aliphatic hydroxyl groups excluding tert-OH is 1. The summed E-state index contributed by atoms with van der Waals surface area (Å²) in [6.45, 7) is 6.50. The number of carbonyl (C=O) groups excluding carboxylic acids is 2. The number of nitrogens with zero attached hydrogens (tertiary/aromatic N) is 3. The largest absolute Gasteiger partial charge is 0.481 e. The molecule has 0 saturated carbocycles. The number of hydrogen-bond donors (Lipinski definition) is 2. The number of aliphatic hydroxyl groups is 1. The van der Waals surface area contributed by atoms with E-state index in [4.69, 9.17) is 21.1 Å². The van der Waals surface area contributed by atoms with Gasteiger partial charge in [0.2, 0.25) is 12.0 Å². The number of aromatic nitrogens is 3. The predicted molar refractivity (Wildman–Crippen MR) is 122 cm³/mol. The number of amides is 2. The van der Waals surface area contributed by atoms with E-state index in [1.54, 1.807) is 12.3 Å². The second-order valence-electron chi connectivity index (χ2n) is 8.22. The fourth-order valence-corrected chi connectivity index (χ4v) is 4.55. The average molecular weight is 473 g/mol. The van der Waals surface area contributed by atoms with Gasteiger partial charge in [0.15, 0.2) is 0 Å². The number of benzene rings is 1. The van der Waals surface area contributed by atoms with Gasteiger partial charge < -0.3 is 14.6 Å². The molecule has 1 saturated heterocycles. The second kappa shape index (κ2) is 8.99. The molecule has 1 aromatic carbocycles. The highest BCUT2D eigenvalue weighted by atomic mass is 35.5. The number of halogens is 1. The van der Waals surface area contributed by atoms with E-state index in [0.29, 0.717) is 28.7 Å². The Hall–Kier alpha value is -3.17. The zero-order valence-electron chi connectivity index (χ0n) is 18.7. The van der Waals surface area contributed by atoms with Crippen LogP contribution in [0.2, 0.25) is 5.02 Å². The van der Waals surface area contributed by atoms with Gasteiger partial charge in [-0.15, -0.1) is 0 Å². The third kappa shape index (κ3) is 4.14. The van der Waals surface area contributed by atoms with E-state index in [2.05, 4.69) is 15.4 Å². The zero-order valence-corrected chi connectivity index (χ0v) is 19.5. The predicted octanol–water partition coefficient (Wildman–Crippen LogP) is 3.52. The van der Waals surface area contributed by atoms with Crippen LogP contribution >= 0.6 is 11.6 Å². The van der Waals surface area contributed by atoms with Crippen molar-refractivity contribution in [1.82, 2.24) is 20.1 Å². The molecule has 2 N–H and O–H groups in total. The molecule has 1 aliphatic rings. The Balaban J connectivity index is 1.75. The van der Waals surface area contributed by atoms with Crippen LogP contribution in [0.4, 0.5) is 4.79 Å². The standard InChI is InChI=1S/C23H25ClN4O5/c1-5-28-17-9-12(8-15(24)14(17)10-25-28)16-7-6-13(22(26-16)32-4)18(11(2)3)19(29)20-21(30)27-23(31)33-20/h6-11,18-20,29H,5H2,1-4H3,(H,27,30,31). The summed E-state index contributed by atoms with van der Waals surface area (Å²) in [4.78, 5) is 28.2. The average Bonchev–Trinajstić information content (AvgIpc) is 3.35. The molecule has 3 heterocycles. The summed E-state index contributed by atoms with van der Waals surface area (Å²) in [7, 11) is 1.49. The number of alkyl carbamates (subject to hydrolysis) is 1. The number of hydrogen-bond acceptors (Lipinski definition) is 7. The van der Waals surface area contributed by atoms with Crippen LogP contribution in [-0.4, -0.2) is 51.2 Å². The van der Waals surface area contributed by atoms with Crippen molar-refractivity contribution in [1.29, 1.82) is 0 Å². The van der Waals surface area contributed by atoms with Gasteiger partial charge >= 0.3 is 6.09 Å². The van der Waals surface area contributed by atoms with Crippen LogP contribution in [-0.2, 0) is 16.1 Å². The minimum atomic E-state index is -1.30. The van der Waals surface area contributed by atoms with E-state index in [1.165, 1.54) is 7.11 Å². The molecule has 0 radical (unpaired) electrons. The number of carbonyl (C=O) groups is 2. The smallest absolute Gasteiger partial charge is 0.414 e. The Kier molecular flexibility index (Phi) is 6.27. The minimum Gasteiger partial charge on any atom is -0.481 e. The Morgan fingerprint density at radius 2 is 2.06 bits per heavy atom. The fraction of sp³-hybridized carbons (Fsp3) is 0.391. The first-order valence-corrected chi connectivity index (χ1v) is 11.0. The van der Waals surface area contributed by atoms with E-state index < -0.39 is 30.1 Å². The number of cyclic esters (lactones) is 1. The van der Waals surface area contributed by atoms with Crippen molar-refractivity contribution in [3.05, 3.63) is 41.0 Å². The summed E-state index contributed by atoms with van der Waals surface area (Å²) in [5.74, 6) is -1.05. The van der Waals surface area contributed by atoms with Gasteiger partial charge in [0.05, 0.1) is 29.5 Å². The highest BCUT2D eigenvalue weighted by Gasteiger charge is 2.43. The van der Waals surface area contributed by atoms with Gasteiger partial charge in [0.1, 0.15) is 6.10 Å². The summed E-state index contributed by atoms with van der Waals surface area (Å²) < 4.78 is 12.4. The van der Waals surface area contributed by atoms with Gasteiger partial charge in [-0.1, -0.05) is 31.5 Å². The molecular formula is C23H25ClN4O5. The van der Waals surface area contributed by atoms with Crippen molar-refractivity contribution >= 4 is 34.5 Å². The molecule has 2 amide bonds. The molecular weight excluding hydrogens is 448 g/mol. The maximum atomic E-state index is 12.1. The molecule has 174 valence electrons. The van der Waals surface area contributed by atoms with Gasteiger partial charge in [0.25, 0.3) is 5.91 Å². The molecule has 33 heavy (non-hydrogen) atoms. The first kappa shape index (κ1) is 23.0. The monoisotopic (exact) mass is 472 g/mol. The van der Waals surface area contributed by atoms with Gasteiger partial charge in [-0.3, -0.25) is 14.8 Å². The van der Waals surface area contributed by atoms with E-state index in [0.717, 1.165) is 16.5 Å². The number of aryl methyl sites for hydroxylation is 1. The molecule has 0 aliphatic carbocycles. The van der Waals surface area contributed by atoms with E-state index in [9.17, 15) is 14.7 Å². The number of rotatable bonds is 7. The third-order valence-electron chi connectivity index (χ3n) is 5.86. The molecule has 1 fully saturated rings. The lowest BCUT2D eigenvalue weighted by molar-refractivity contribution is -0.129. The number of pyridine rings is 1. The maximum absolute atomic E-state index is 12.1. The van der Waals surface area contributed by atoms with Gasteiger partial charge in [-0.25, -0.2) is 9.78 Å². The Morgan fingerprint density at radius 3 is 2.67 bits per heavy atom. The number of methoxy groups -OCH3 is 1. The Labute approximate surface area is 195 Å². The first-order valence-electron chi connectivity index (χ1n) is 10.6. The van der Waals surface area contributed by atoms with E-state index in [1.807, 2.05) is 43.7 Å². The quantitative estimate of drug-likeness (QED) is 0.540. The fourth-order valence-electron chi connectivity index (χ4n) is 4.28. The number of imide groups is 1. The maximum Gasteiger partial charge on any atom is 0.414 e. The van der Waals surface area contributed by atoms with Crippen LogP contribution in [0.25, 0.3) is 22.2 Å². The van der Waals surface area contributed by atoms with Gasteiger partial charge in [0, 0.05) is 29.0 Å². The summed E-state index contributed by atoms with van der Waals surface area (Å²) >= 11 is 6.49. The molecule has 3 unspecified atom stereocenters. The lowest BCUT2D eigenvalue weighted by Gasteiger charge is -2.29. The first-order chi connectivity index (χ1) is 15.7. The van der Waals surface area contributed by atoms with E-state index in [-0.39, 0.29) is 5.92 Å². The highest BCUT2D eigenvalue weighted by Crippen LogP contribution is 2.38. The normalized spacial score (nSPS) is 17.8. The zero-order chi connectivity index (χ0) is 23.9. The summed E-state index contributed by atoms with van der Waals surface area (Å²) in [5.41, 5.74) is 2.92. The van der Waals surface area contributed by atoms with Crippen LogP contribution in [0, 0.1) is 5.92 Å². The van der Waals surface area contributed by atoms with Crippen LogP contribution in [0.15, 0.2) is 30.5 Å². The summed E-state index contributed by atoms with van der Waals surface area (Å²) in [5, 5.41) is 18.8. The number of fused-ring (bicyclic) bond motifs is 1. The van der Waals surface area contributed by atoms with E-state index >= 15 is 0 Å². The molecule has 9 nitrogen and oxygen atoms in total. The number of ether oxygens (including phenoxy) is 2. The lowest BCUT2D eigenvalue weighted by atomic mass is 9.81. The van der Waals surface area contributed by atoms with Crippen molar-refractivity contribution in [2.75, 3.05) is 7.11 Å². The van der Waals surface area contributed by atoms with Crippen molar-refractivity contribution in [3.8, 4) is 17.1 Å². The SMILES string of the molecule is CCn1ncc2c(Cl)cc(-c3ccc(C(C(C)C)C(O)C4OC(=O)NC4=O)c(OC)n3)cc21. The minimum absolute atomic E-state index is 0.113. The lowest BCUT2D eigenvalue weighted by Crippen LogP contribution is -2.40. The van der Waals surface area contributed by atoms with Crippen molar-refractivity contribution in [2.24, 2.45) is 5.92 Å². The Bertz CT molecular complexity index is 1230. The number of nitrogens with one attached hydrogen (secondary N) is 1. The van der Waals surface area contributed by atoms with Gasteiger partial charge in [-0.05, 0) is 31.0 Å². The second-order valence-corrected chi connectivity index (χ2v) is 8.63. The molecule has 2 aromatic heterocycles. The van der Waals surface area contributed by atoms with Crippen LogP contribution < -0.4 is 10.1 Å². The molecule has 0 bridgehead atoms. The highest BCUT2D eigenvalue weighted by molar-refractivity contribution is 6.35. The molecule has 0 spiro atoms. The Morgan fingerprint density at radius 1 is 1.30 bits per heavy atom. The molecule has 10 heteroatoms. The molecule has 4 rings (SSSR count). The third-order valence-corrected chi connectivity index (χ3v) is 6.18. The summed E-state index contributed by atoms with van der Waals surface area (Å²) in [6.07, 6.45) is -1.71.